The molecule has 0 saturated carbocycles. The van der Waals surface area contributed by atoms with Crippen molar-refractivity contribution < 1.29 is 14.6 Å². The van der Waals surface area contributed by atoms with E-state index in [1.54, 1.807) is 6.07 Å². The van der Waals surface area contributed by atoms with E-state index in [-0.39, 0.29) is 5.41 Å². The van der Waals surface area contributed by atoms with Gasteiger partial charge in [-0.15, -0.1) is 0 Å². The molecule has 3 atom stereocenters. The van der Waals surface area contributed by atoms with Crippen LogP contribution in [0.5, 0.6) is 5.75 Å². The summed E-state index contributed by atoms with van der Waals surface area (Å²) >= 11 is 0. The second kappa shape index (κ2) is 8.30. The monoisotopic (exact) mass is 438 g/mol. The van der Waals surface area contributed by atoms with Crippen molar-refractivity contribution in [3.8, 4) is 5.75 Å². The lowest BCUT2D eigenvalue weighted by molar-refractivity contribution is -0.0241. The first-order valence-electron chi connectivity index (χ1n) is 11.3. The van der Waals surface area contributed by atoms with Gasteiger partial charge in [-0.1, -0.05) is 38.1 Å². The third kappa shape index (κ3) is 3.59. The molecular formula is C25H34N4O3. The molecule has 3 heterocycles. The van der Waals surface area contributed by atoms with E-state index in [4.69, 9.17) is 10.5 Å². The van der Waals surface area contributed by atoms with Gasteiger partial charge >= 0.3 is 6.09 Å². The molecule has 4 N–H and O–H groups in total. The highest BCUT2D eigenvalue weighted by Gasteiger charge is 2.52. The zero-order valence-electron chi connectivity index (χ0n) is 19.4. The number of fused-ring (bicyclic) bond motifs is 4. The van der Waals surface area contributed by atoms with Crippen molar-refractivity contribution in [1.29, 1.82) is 0 Å². The van der Waals surface area contributed by atoms with Gasteiger partial charge in [0.2, 0.25) is 0 Å². The van der Waals surface area contributed by atoms with Crippen molar-refractivity contribution in [2.24, 2.45) is 5.73 Å². The predicted molar refractivity (Wildman–Crippen MR) is 126 cm³/mol. The summed E-state index contributed by atoms with van der Waals surface area (Å²) in [7, 11) is 4.33. The first-order chi connectivity index (χ1) is 15.2. The summed E-state index contributed by atoms with van der Waals surface area (Å²) in [5.41, 5.74) is 9.34. The summed E-state index contributed by atoms with van der Waals surface area (Å²) in [6.45, 7) is 6.19. The van der Waals surface area contributed by atoms with E-state index in [1.807, 2.05) is 37.3 Å². The molecule has 1 saturated heterocycles. The van der Waals surface area contributed by atoms with Gasteiger partial charge in [-0.25, -0.2) is 4.79 Å². The second-order valence-electron chi connectivity index (χ2n) is 9.27. The number of amides is 1. The molecule has 0 radical (unpaired) electrons. The number of nitrogens with two attached hydrogens (primary N) is 1. The smallest absolute Gasteiger partial charge is 0.406 e. The number of hydrogen-bond acceptors (Lipinski definition) is 6. The molecule has 1 fully saturated rings. The number of nitrogens with one attached hydrogen (secondary N) is 1. The van der Waals surface area contributed by atoms with Crippen molar-refractivity contribution in [3.63, 3.8) is 0 Å². The van der Waals surface area contributed by atoms with E-state index >= 15 is 0 Å². The fourth-order valence-electron chi connectivity index (χ4n) is 5.84. The van der Waals surface area contributed by atoms with Gasteiger partial charge in [0, 0.05) is 43.2 Å². The number of phenolic OH excluding ortho intramolecular Hbond substituents is 1. The molecule has 0 spiro atoms. The van der Waals surface area contributed by atoms with Crippen LogP contribution in [0.25, 0.3) is 0 Å². The van der Waals surface area contributed by atoms with Crippen LogP contribution >= 0.6 is 0 Å². The van der Waals surface area contributed by atoms with Crippen molar-refractivity contribution in [3.05, 3.63) is 59.2 Å². The molecule has 0 bridgehead atoms. The number of primary amides is 1. The van der Waals surface area contributed by atoms with E-state index in [0.717, 1.165) is 31.5 Å². The highest BCUT2D eigenvalue weighted by atomic mass is 16.6. The summed E-state index contributed by atoms with van der Waals surface area (Å²) in [5.74, 6) is 0.378. The quantitative estimate of drug-likeness (QED) is 0.667. The Morgan fingerprint density at radius 1 is 1.25 bits per heavy atom. The van der Waals surface area contributed by atoms with Crippen LogP contribution in [0.15, 0.2) is 42.5 Å². The molecular weight excluding hydrogens is 404 g/mol. The Morgan fingerprint density at radius 3 is 2.72 bits per heavy atom. The van der Waals surface area contributed by atoms with Crippen LogP contribution in [0.4, 0.5) is 10.5 Å². The van der Waals surface area contributed by atoms with Gasteiger partial charge in [0.1, 0.15) is 5.75 Å². The van der Waals surface area contributed by atoms with Crippen LogP contribution in [0.1, 0.15) is 43.4 Å². The number of ether oxygens (including phenoxy) is 1. The lowest BCUT2D eigenvalue weighted by Crippen LogP contribution is -2.50. The van der Waals surface area contributed by atoms with E-state index in [0.29, 0.717) is 18.3 Å². The van der Waals surface area contributed by atoms with Gasteiger partial charge in [0.05, 0.1) is 6.17 Å². The third-order valence-corrected chi connectivity index (χ3v) is 7.34. The number of nitrogens with zero attached hydrogens (tertiary/aromatic N) is 2. The molecule has 2 aromatic rings. The second-order valence-corrected chi connectivity index (χ2v) is 9.27. The summed E-state index contributed by atoms with van der Waals surface area (Å²) in [5, 5.41) is 12.9. The number of likely N-dealkylation sites (tertiary alicyclic amines) is 1. The Balaban J connectivity index is 0.000000153. The average Bonchev–Trinajstić information content (AvgIpc) is 3.19. The Morgan fingerprint density at radius 2 is 2.00 bits per heavy atom. The molecule has 3 aliphatic rings. The maximum Gasteiger partial charge on any atom is 0.406 e. The Kier molecular flexibility index (Phi) is 5.81. The summed E-state index contributed by atoms with van der Waals surface area (Å²) in [4.78, 5) is 15.7. The maximum absolute atomic E-state index is 11.0. The molecule has 1 amide bonds. The number of rotatable bonds is 2. The number of likely N-dealkylation sites (N-methyl/N-ethyl adjacent to an activating group) is 2. The SMILES string of the molecule is CCC1(OC(N)=O)NCCc2ccccc21.CN1CC[C@@]2(C)c3cc(O)ccc3N(C)[C@@H]12. The Bertz CT molecular complexity index is 1010. The number of aromatic hydroxyl groups is 1. The van der Waals surface area contributed by atoms with Gasteiger partial charge in [0.25, 0.3) is 0 Å². The molecule has 1 unspecified atom stereocenters. The summed E-state index contributed by atoms with van der Waals surface area (Å²) in [6, 6.07) is 13.7. The van der Waals surface area contributed by atoms with Gasteiger partial charge in [-0.3, -0.25) is 10.2 Å². The molecule has 3 aliphatic heterocycles. The first kappa shape index (κ1) is 22.4. The van der Waals surface area contributed by atoms with Crippen LogP contribution in [0.2, 0.25) is 0 Å². The molecule has 7 nitrogen and oxygen atoms in total. The summed E-state index contributed by atoms with van der Waals surface area (Å²) in [6.07, 6.45) is 2.46. The molecule has 172 valence electrons. The molecule has 5 rings (SSSR count). The molecule has 7 heteroatoms. The number of benzene rings is 2. The fourth-order valence-corrected chi connectivity index (χ4v) is 5.84. The normalized spacial score (nSPS) is 28.2. The zero-order chi connectivity index (χ0) is 23.1. The predicted octanol–water partition coefficient (Wildman–Crippen LogP) is 3.25. The topological polar surface area (TPSA) is 91.1 Å². The minimum Gasteiger partial charge on any atom is -0.508 e. The molecule has 0 aliphatic carbocycles. The van der Waals surface area contributed by atoms with Crippen LogP contribution in [0.3, 0.4) is 0 Å². The van der Waals surface area contributed by atoms with E-state index in [1.165, 1.54) is 16.8 Å². The number of phenols is 1. The van der Waals surface area contributed by atoms with E-state index in [2.05, 4.69) is 42.2 Å². The van der Waals surface area contributed by atoms with Crippen LogP contribution in [-0.2, 0) is 22.3 Å². The van der Waals surface area contributed by atoms with Crippen molar-refractivity contribution in [2.45, 2.75) is 50.4 Å². The lowest BCUT2D eigenvalue weighted by Gasteiger charge is -2.38. The number of carbonyl (C=O) groups is 1. The maximum atomic E-state index is 11.0. The highest BCUT2D eigenvalue weighted by Crippen LogP contribution is 2.51. The van der Waals surface area contributed by atoms with Gasteiger partial charge in [-0.05, 0) is 49.2 Å². The first-order valence-corrected chi connectivity index (χ1v) is 11.3. The number of hydrogen-bond donors (Lipinski definition) is 3. The largest absolute Gasteiger partial charge is 0.508 e. The highest BCUT2D eigenvalue weighted by molar-refractivity contribution is 5.66. The minimum atomic E-state index is -0.749. The van der Waals surface area contributed by atoms with Crippen molar-refractivity contribution in [1.82, 2.24) is 10.2 Å². The summed E-state index contributed by atoms with van der Waals surface area (Å²) < 4.78 is 5.28. The van der Waals surface area contributed by atoms with Crippen molar-refractivity contribution >= 4 is 11.8 Å². The van der Waals surface area contributed by atoms with Gasteiger partial charge < -0.3 is 20.5 Å². The number of anilines is 1. The fraction of sp³-hybridized carbons (Fsp3) is 0.480. The number of carbonyl (C=O) groups excluding carboxylic acids is 1. The lowest BCUT2D eigenvalue weighted by atomic mass is 9.81. The van der Waals surface area contributed by atoms with Crippen LogP contribution in [-0.4, -0.2) is 49.5 Å². The van der Waals surface area contributed by atoms with Crippen LogP contribution in [0, 0.1) is 0 Å². The molecule has 2 aromatic carbocycles. The standard InChI is InChI=1S/C13H18N2O.C12H16N2O2/c1-13-6-7-14(2)12(13)15(3)11-5-4-9(16)8-10(11)13;1-2-12(16-11(13)15)10-6-4-3-5-9(10)7-8-14-12/h4-5,8,12,16H,6-7H2,1-3H3;3-6,14H,2,7-8H2,1H3,(H2,13,15)/t12-,13+;/m1./s1. The third-order valence-electron chi connectivity index (χ3n) is 7.34. The van der Waals surface area contributed by atoms with Gasteiger partial charge in [-0.2, -0.15) is 0 Å². The van der Waals surface area contributed by atoms with Gasteiger partial charge in [0.15, 0.2) is 5.72 Å². The van der Waals surface area contributed by atoms with Crippen molar-refractivity contribution in [2.75, 3.05) is 32.1 Å². The Hall–Kier alpha value is -2.77. The molecule has 0 aromatic heterocycles. The average molecular weight is 439 g/mol. The van der Waals surface area contributed by atoms with Crippen LogP contribution < -0.4 is 16.0 Å². The molecule has 32 heavy (non-hydrogen) atoms. The van der Waals surface area contributed by atoms with E-state index in [9.17, 15) is 9.90 Å². The van der Waals surface area contributed by atoms with E-state index < -0.39 is 11.8 Å². The zero-order valence-corrected chi connectivity index (χ0v) is 19.4. The Labute approximate surface area is 190 Å². The minimum absolute atomic E-state index is 0.164.